The molecule has 35 heavy (non-hydrogen) atoms. The summed E-state index contributed by atoms with van der Waals surface area (Å²) in [5.41, 5.74) is 2.46. The summed E-state index contributed by atoms with van der Waals surface area (Å²) < 4.78 is 5.76. The lowest BCUT2D eigenvalue weighted by Crippen LogP contribution is -2.33. The maximum atomic E-state index is 12.3. The lowest BCUT2D eigenvalue weighted by atomic mass is 9.99. The Kier molecular flexibility index (Phi) is 8.39. The van der Waals surface area contributed by atoms with Crippen LogP contribution in [0.25, 0.3) is 17.4 Å². The summed E-state index contributed by atoms with van der Waals surface area (Å²) in [6.45, 7) is 4.27. The second-order valence-electron chi connectivity index (χ2n) is 8.47. The van der Waals surface area contributed by atoms with E-state index < -0.39 is 5.91 Å². The highest BCUT2D eigenvalue weighted by molar-refractivity contribution is 7.80. The Bertz CT molecular complexity index is 1250. The Balaban J connectivity index is 1.31. The first kappa shape index (κ1) is 25.6. The van der Waals surface area contributed by atoms with E-state index in [0.717, 1.165) is 43.1 Å². The molecule has 182 valence electrons. The first-order chi connectivity index (χ1) is 16.8. The summed E-state index contributed by atoms with van der Waals surface area (Å²) in [6.07, 6.45) is 5.22. The van der Waals surface area contributed by atoms with E-state index in [1.807, 2.05) is 18.2 Å². The molecular weight excluding hydrogens is 525 g/mol. The number of piperidine rings is 1. The second-order valence-corrected chi connectivity index (χ2v) is 10.2. The minimum Gasteiger partial charge on any atom is -0.457 e. The lowest BCUT2D eigenvalue weighted by Gasteiger charge is -2.32. The van der Waals surface area contributed by atoms with Gasteiger partial charge in [-0.3, -0.25) is 10.1 Å². The number of rotatable bonds is 5. The molecule has 0 spiro atoms. The van der Waals surface area contributed by atoms with Crippen LogP contribution in [0.5, 0.6) is 0 Å². The van der Waals surface area contributed by atoms with Gasteiger partial charge in [-0.25, -0.2) is 0 Å². The van der Waals surface area contributed by atoms with Crippen molar-refractivity contribution >= 4 is 75.5 Å². The number of anilines is 2. The lowest BCUT2D eigenvalue weighted by molar-refractivity contribution is -0.115. The van der Waals surface area contributed by atoms with Crippen LogP contribution in [0.3, 0.4) is 0 Å². The van der Waals surface area contributed by atoms with Gasteiger partial charge in [0.05, 0.1) is 10.7 Å². The van der Waals surface area contributed by atoms with Crippen LogP contribution < -0.4 is 15.5 Å². The average Bonchev–Trinajstić information content (AvgIpc) is 3.27. The summed E-state index contributed by atoms with van der Waals surface area (Å²) in [6, 6.07) is 14.4. The SMILES string of the molecule is CC1CCN(c2ccc(NC(=S)NC(=O)/C=C/c3ccc(-c4cc(Cl)cc(Cl)c4)o3)cc2Cl)CC1. The molecule has 1 amide bonds. The summed E-state index contributed by atoms with van der Waals surface area (Å²) in [7, 11) is 0. The van der Waals surface area contributed by atoms with Crippen molar-refractivity contribution in [2.75, 3.05) is 23.3 Å². The van der Waals surface area contributed by atoms with Crippen LogP contribution in [0.2, 0.25) is 15.1 Å². The predicted octanol–water partition coefficient (Wildman–Crippen LogP) is 7.67. The molecular formula is C26H24Cl3N3O2S. The van der Waals surface area contributed by atoms with Crippen LogP contribution in [-0.4, -0.2) is 24.1 Å². The number of carbonyl (C=O) groups is 1. The minimum atomic E-state index is -0.392. The van der Waals surface area contributed by atoms with Crippen molar-refractivity contribution in [1.29, 1.82) is 0 Å². The third-order valence-electron chi connectivity index (χ3n) is 5.74. The fraction of sp³-hybridized carbons (Fsp3) is 0.231. The molecule has 5 nitrogen and oxygen atoms in total. The van der Waals surface area contributed by atoms with E-state index in [4.69, 9.17) is 51.4 Å². The Morgan fingerprint density at radius 1 is 1.06 bits per heavy atom. The molecule has 1 saturated heterocycles. The number of carbonyl (C=O) groups excluding carboxylic acids is 1. The van der Waals surface area contributed by atoms with Crippen molar-refractivity contribution < 1.29 is 9.21 Å². The Labute approximate surface area is 225 Å². The molecule has 1 aliphatic heterocycles. The third kappa shape index (κ3) is 7.01. The number of nitrogens with one attached hydrogen (secondary N) is 2. The number of halogens is 3. The number of hydrogen-bond acceptors (Lipinski definition) is 4. The van der Waals surface area contributed by atoms with Gasteiger partial charge in [-0.05, 0) is 85.6 Å². The summed E-state index contributed by atoms with van der Waals surface area (Å²) in [5.74, 6) is 1.44. The largest absolute Gasteiger partial charge is 0.457 e. The van der Waals surface area contributed by atoms with E-state index in [1.54, 1.807) is 36.4 Å². The Morgan fingerprint density at radius 2 is 1.77 bits per heavy atom. The van der Waals surface area contributed by atoms with Crippen LogP contribution in [0.15, 0.2) is 59.0 Å². The van der Waals surface area contributed by atoms with Crippen LogP contribution in [-0.2, 0) is 4.79 Å². The molecule has 0 bridgehead atoms. The molecule has 2 N–H and O–H groups in total. The van der Waals surface area contributed by atoms with Gasteiger partial charge >= 0.3 is 0 Å². The van der Waals surface area contributed by atoms with Crippen LogP contribution in [0.1, 0.15) is 25.5 Å². The molecule has 2 aromatic carbocycles. The Morgan fingerprint density at radius 3 is 2.46 bits per heavy atom. The molecule has 1 fully saturated rings. The number of amides is 1. The van der Waals surface area contributed by atoms with Gasteiger partial charge in [0, 0.05) is 40.5 Å². The molecule has 4 rings (SSSR count). The zero-order valence-corrected chi connectivity index (χ0v) is 22.1. The van der Waals surface area contributed by atoms with E-state index in [2.05, 4.69) is 22.5 Å². The van der Waals surface area contributed by atoms with E-state index in [0.29, 0.717) is 32.3 Å². The second kappa shape index (κ2) is 11.5. The van der Waals surface area contributed by atoms with Crippen molar-refractivity contribution in [3.63, 3.8) is 0 Å². The fourth-order valence-corrected chi connectivity index (χ4v) is 4.90. The quantitative estimate of drug-likeness (QED) is 0.253. The van der Waals surface area contributed by atoms with E-state index in [9.17, 15) is 4.79 Å². The molecule has 3 aromatic rings. The van der Waals surface area contributed by atoms with Crippen molar-refractivity contribution in [2.45, 2.75) is 19.8 Å². The van der Waals surface area contributed by atoms with Gasteiger partial charge in [-0.2, -0.15) is 0 Å². The molecule has 0 saturated carbocycles. The molecule has 1 aromatic heterocycles. The zero-order valence-electron chi connectivity index (χ0n) is 19.0. The molecule has 0 unspecified atom stereocenters. The van der Waals surface area contributed by atoms with E-state index in [1.165, 1.54) is 6.08 Å². The first-order valence-electron chi connectivity index (χ1n) is 11.2. The first-order valence-corrected chi connectivity index (χ1v) is 12.7. The number of hydrogen-bond donors (Lipinski definition) is 2. The number of thiocarbonyl (C=S) groups is 1. The van der Waals surface area contributed by atoms with Crippen LogP contribution in [0, 0.1) is 5.92 Å². The summed E-state index contributed by atoms with van der Waals surface area (Å²) >= 11 is 23.9. The van der Waals surface area contributed by atoms with Crippen LogP contribution >= 0.6 is 47.0 Å². The topological polar surface area (TPSA) is 57.5 Å². The van der Waals surface area contributed by atoms with Gasteiger partial charge in [0.1, 0.15) is 11.5 Å². The highest BCUT2D eigenvalue weighted by Crippen LogP contribution is 2.32. The van der Waals surface area contributed by atoms with Crippen molar-refractivity contribution in [3.8, 4) is 11.3 Å². The van der Waals surface area contributed by atoms with E-state index >= 15 is 0 Å². The number of nitrogens with zero attached hydrogens (tertiary/aromatic N) is 1. The minimum absolute atomic E-state index is 0.170. The number of benzene rings is 2. The van der Waals surface area contributed by atoms with Gasteiger partial charge in [-0.15, -0.1) is 0 Å². The summed E-state index contributed by atoms with van der Waals surface area (Å²) in [5, 5.41) is 7.46. The third-order valence-corrected chi connectivity index (χ3v) is 6.68. The Hall–Kier alpha value is -2.51. The maximum Gasteiger partial charge on any atom is 0.250 e. The normalized spacial score (nSPS) is 14.3. The van der Waals surface area contributed by atoms with E-state index in [-0.39, 0.29) is 5.11 Å². The smallest absolute Gasteiger partial charge is 0.250 e. The van der Waals surface area contributed by atoms with Crippen LogP contribution in [0.4, 0.5) is 11.4 Å². The molecule has 0 aliphatic carbocycles. The van der Waals surface area contributed by atoms with Crippen molar-refractivity contribution in [2.24, 2.45) is 5.92 Å². The predicted molar refractivity (Wildman–Crippen MR) is 150 cm³/mol. The number of furan rings is 1. The molecule has 2 heterocycles. The molecule has 1 aliphatic rings. The highest BCUT2D eigenvalue weighted by atomic mass is 35.5. The average molecular weight is 549 g/mol. The fourth-order valence-electron chi connectivity index (χ4n) is 3.86. The van der Waals surface area contributed by atoms with Gasteiger partial charge < -0.3 is 14.6 Å². The van der Waals surface area contributed by atoms with Gasteiger partial charge in [0.25, 0.3) is 0 Å². The zero-order chi connectivity index (χ0) is 24.9. The standard InChI is InChI=1S/C26H24Cl3N3O2S/c1-16-8-10-32(11-9-16)23-5-2-20(15-22(23)29)30-26(35)31-25(33)7-4-21-3-6-24(34-21)17-12-18(27)14-19(28)13-17/h2-7,12-16H,8-11H2,1H3,(H2,30,31,33,35)/b7-4+. The van der Waals surface area contributed by atoms with Gasteiger partial charge in [0.15, 0.2) is 5.11 Å². The monoisotopic (exact) mass is 547 g/mol. The molecule has 0 atom stereocenters. The maximum absolute atomic E-state index is 12.3. The van der Waals surface area contributed by atoms with Gasteiger partial charge in [0.2, 0.25) is 5.91 Å². The van der Waals surface area contributed by atoms with Gasteiger partial charge in [-0.1, -0.05) is 41.7 Å². The molecule has 0 radical (unpaired) electrons. The highest BCUT2D eigenvalue weighted by Gasteiger charge is 2.18. The summed E-state index contributed by atoms with van der Waals surface area (Å²) in [4.78, 5) is 14.6. The molecule has 9 heteroatoms. The van der Waals surface area contributed by atoms with Crippen molar-refractivity contribution in [3.05, 3.63) is 75.4 Å². The van der Waals surface area contributed by atoms with Crippen molar-refractivity contribution in [1.82, 2.24) is 5.32 Å².